The lowest BCUT2D eigenvalue weighted by Gasteiger charge is -2.25. The average molecular weight is 208 g/mol. The van der Waals surface area contributed by atoms with Crippen molar-refractivity contribution >= 4 is 0 Å². The first-order valence-electron chi connectivity index (χ1n) is 5.38. The van der Waals surface area contributed by atoms with Gasteiger partial charge in [0.25, 0.3) is 0 Å². The Kier molecular flexibility index (Phi) is 3.75. The number of aliphatic hydroxyl groups is 1. The molecule has 0 aliphatic carbocycles. The molecule has 0 bridgehead atoms. The number of hydrogen-bond acceptors (Lipinski definition) is 2. The van der Waals surface area contributed by atoms with Gasteiger partial charge in [-0.1, -0.05) is 25.0 Å². The normalized spacial score (nSPS) is 14.7. The molecule has 1 atom stereocenters. The van der Waals surface area contributed by atoms with Gasteiger partial charge in [0.05, 0.1) is 12.7 Å². The lowest BCUT2D eigenvalue weighted by atomic mass is 9.89. The molecule has 0 aromatic heterocycles. The number of rotatable bonds is 4. The predicted octanol–water partition coefficient (Wildman–Crippen LogP) is 3.01. The zero-order chi connectivity index (χ0) is 11.5. The Morgan fingerprint density at radius 2 is 2.07 bits per heavy atom. The van der Waals surface area contributed by atoms with Gasteiger partial charge in [-0.3, -0.25) is 0 Å². The zero-order valence-electron chi connectivity index (χ0n) is 10.0. The van der Waals surface area contributed by atoms with Crippen LogP contribution in [0.3, 0.4) is 0 Å². The third-order valence-electron chi connectivity index (χ3n) is 2.67. The van der Waals surface area contributed by atoms with Crippen LogP contribution in [0, 0.1) is 6.92 Å². The summed E-state index contributed by atoms with van der Waals surface area (Å²) in [6.07, 6.45) is 1.69. The quantitative estimate of drug-likeness (QED) is 0.824. The van der Waals surface area contributed by atoms with Gasteiger partial charge in [0.15, 0.2) is 0 Å². The van der Waals surface area contributed by atoms with Gasteiger partial charge in [0.2, 0.25) is 0 Å². The van der Waals surface area contributed by atoms with Crippen LogP contribution >= 0.6 is 0 Å². The Hall–Kier alpha value is -1.02. The molecule has 84 valence electrons. The Morgan fingerprint density at radius 3 is 2.60 bits per heavy atom. The molecule has 1 N–H and O–H groups in total. The van der Waals surface area contributed by atoms with E-state index < -0.39 is 5.60 Å². The van der Waals surface area contributed by atoms with E-state index in [-0.39, 0.29) is 0 Å². The molecule has 0 fully saturated rings. The molecule has 0 heterocycles. The lowest BCUT2D eigenvalue weighted by molar-refractivity contribution is 0.0444. The van der Waals surface area contributed by atoms with E-state index in [1.807, 2.05) is 32.0 Å². The number of methoxy groups -OCH3 is 1. The first-order valence-corrected chi connectivity index (χ1v) is 5.38. The smallest absolute Gasteiger partial charge is 0.124 e. The molecule has 2 heteroatoms. The molecule has 0 saturated heterocycles. The van der Waals surface area contributed by atoms with Gasteiger partial charge in [-0.2, -0.15) is 0 Å². The maximum absolute atomic E-state index is 10.3. The van der Waals surface area contributed by atoms with Gasteiger partial charge in [-0.05, 0) is 32.4 Å². The summed E-state index contributed by atoms with van der Waals surface area (Å²) in [7, 11) is 1.64. The van der Waals surface area contributed by atoms with Crippen molar-refractivity contribution in [2.24, 2.45) is 0 Å². The minimum atomic E-state index is -0.799. The molecule has 1 rings (SSSR count). The van der Waals surface area contributed by atoms with Crippen molar-refractivity contribution in [2.75, 3.05) is 7.11 Å². The van der Waals surface area contributed by atoms with Crippen molar-refractivity contribution in [3.05, 3.63) is 29.3 Å². The highest BCUT2D eigenvalue weighted by Gasteiger charge is 2.25. The second-order valence-corrected chi connectivity index (χ2v) is 4.23. The van der Waals surface area contributed by atoms with Crippen molar-refractivity contribution in [1.82, 2.24) is 0 Å². The van der Waals surface area contributed by atoms with Crippen LogP contribution in [0.5, 0.6) is 5.75 Å². The predicted molar refractivity (Wildman–Crippen MR) is 62.2 cm³/mol. The number of benzene rings is 1. The third kappa shape index (κ3) is 2.72. The van der Waals surface area contributed by atoms with Crippen LogP contribution < -0.4 is 4.74 Å². The van der Waals surface area contributed by atoms with Crippen LogP contribution in [0.25, 0.3) is 0 Å². The van der Waals surface area contributed by atoms with E-state index in [0.29, 0.717) is 0 Å². The molecule has 2 nitrogen and oxygen atoms in total. The van der Waals surface area contributed by atoms with Crippen molar-refractivity contribution < 1.29 is 9.84 Å². The summed E-state index contributed by atoms with van der Waals surface area (Å²) in [6.45, 7) is 5.93. The molecule has 1 aromatic rings. The highest BCUT2D eigenvalue weighted by Crippen LogP contribution is 2.33. The molecule has 0 saturated carbocycles. The van der Waals surface area contributed by atoms with E-state index in [1.165, 1.54) is 0 Å². The van der Waals surface area contributed by atoms with E-state index in [1.54, 1.807) is 7.11 Å². The van der Waals surface area contributed by atoms with Gasteiger partial charge in [-0.15, -0.1) is 0 Å². The SMILES string of the molecule is CCC[C@@](C)(O)c1cc(C)ccc1OC. The van der Waals surface area contributed by atoms with Crippen LogP contribution in [0.2, 0.25) is 0 Å². The summed E-state index contributed by atoms with van der Waals surface area (Å²) in [6, 6.07) is 5.90. The Bertz CT molecular complexity index is 329. The third-order valence-corrected chi connectivity index (χ3v) is 2.67. The largest absolute Gasteiger partial charge is 0.496 e. The summed E-state index contributed by atoms with van der Waals surface area (Å²) in [4.78, 5) is 0. The number of hydrogen-bond donors (Lipinski definition) is 1. The summed E-state index contributed by atoms with van der Waals surface area (Å²) in [5.74, 6) is 0.763. The van der Waals surface area contributed by atoms with Crippen LogP contribution in [0.15, 0.2) is 18.2 Å². The summed E-state index contributed by atoms with van der Waals surface area (Å²) >= 11 is 0. The first-order chi connectivity index (χ1) is 7.01. The van der Waals surface area contributed by atoms with E-state index in [9.17, 15) is 5.11 Å². The van der Waals surface area contributed by atoms with Crippen LogP contribution in [-0.2, 0) is 5.60 Å². The van der Waals surface area contributed by atoms with Crippen molar-refractivity contribution in [1.29, 1.82) is 0 Å². The second kappa shape index (κ2) is 4.67. The molecule has 0 amide bonds. The highest BCUT2D eigenvalue weighted by molar-refractivity contribution is 5.40. The van der Waals surface area contributed by atoms with Gasteiger partial charge in [0.1, 0.15) is 5.75 Å². The van der Waals surface area contributed by atoms with Gasteiger partial charge in [-0.25, -0.2) is 0 Å². The monoisotopic (exact) mass is 208 g/mol. The average Bonchev–Trinajstić information content (AvgIpc) is 2.17. The number of aryl methyl sites for hydroxylation is 1. The molecule has 1 aromatic carbocycles. The van der Waals surface area contributed by atoms with Crippen molar-refractivity contribution in [3.63, 3.8) is 0 Å². The van der Waals surface area contributed by atoms with Gasteiger partial charge < -0.3 is 9.84 Å². The fourth-order valence-corrected chi connectivity index (χ4v) is 1.86. The van der Waals surface area contributed by atoms with Gasteiger partial charge >= 0.3 is 0 Å². The number of ether oxygens (including phenoxy) is 1. The molecular weight excluding hydrogens is 188 g/mol. The summed E-state index contributed by atoms with van der Waals surface area (Å²) in [5, 5.41) is 10.3. The maximum Gasteiger partial charge on any atom is 0.124 e. The van der Waals surface area contributed by atoms with Gasteiger partial charge in [0, 0.05) is 5.56 Å². The Morgan fingerprint density at radius 1 is 1.40 bits per heavy atom. The minimum Gasteiger partial charge on any atom is -0.496 e. The van der Waals surface area contributed by atoms with E-state index in [4.69, 9.17) is 4.74 Å². The zero-order valence-corrected chi connectivity index (χ0v) is 10.0. The molecular formula is C13H20O2. The fourth-order valence-electron chi connectivity index (χ4n) is 1.86. The Balaban J connectivity index is 3.15. The van der Waals surface area contributed by atoms with E-state index in [0.717, 1.165) is 29.7 Å². The summed E-state index contributed by atoms with van der Waals surface area (Å²) < 4.78 is 5.27. The maximum atomic E-state index is 10.3. The standard InChI is InChI=1S/C13H20O2/c1-5-8-13(3,14)11-9-10(2)6-7-12(11)15-4/h6-7,9,14H,5,8H2,1-4H3/t13-/m1/s1. The van der Waals surface area contributed by atoms with E-state index in [2.05, 4.69) is 6.92 Å². The molecule has 15 heavy (non-hydrogen) atoms. The highest BCUT2D eigenvalue weighted by atomic mass is 16.5. The van der Waals surface area contributed by atoms with Crippen molar-refractivity contribution in [3.8, 4) is 5.75 Å². The van der Waals surface area contributed by atoms with Crippen LogP contribution in [-0.4, -0.2) is 12.2 Å². The van der Waals surface area contributed by atoms with E-state index >= 15 is 0 Å². The molecule has 0 aliphatic rings. The molecule has 0 unspecified atom stereocenters. The summed E-state index contributed by atoms with van der Waals surface area (Å²) in [5.41, 5.74) is 1.22. The first kappa shape index (κ1) is 12.1. The fraction of sp³-hybridized carbons (Fsp3) is 0.538. The topological polar surface area (TPSA) is 29.5 Å². The van der Waals surface area contributed by atoms with Crippen LogP contribution in [0.4, 0.5) is 0 Å². The Labute approximate surface area is 91.9 Å². The molecule has 0 aliphatic heterocycles. The molecule has 0 spiro atoms. The molecule has 0 radical (unpaired) electrons. The second-order valence-electron chi connectivity index (χ2n) is 4.23. The lowest BCUT2D eigenvalue weighted by Crippen LogP contribution is -2.21. The minimum absolute atomic E-state index is 0.743. The van der Waals surface area contributed by atoms with Crippen molar-refractivity contribution in [2.45, 2.75) is 39.2 Å². The van der Waals surface area contributed by atoms with Crippen LogP contribution in [0.1, 0.15) is 37.8 Å².